The molecule has 0 saturated carbocycles. The standard InChI is InChI=1S/C14H15F4NO3S/c1-22-13(21)11(7-23)19-12(20)6-5-8-9(14(16,17)18)3-2-4-10(8)15/h2-4,11,23H,5-7H2,1H3,(H,19,20). The van der Waals surface area contributed by atoms with Crippen molar-refractivity contribution in [2.45, 2.75) is 25.1 Å². The third-order valence-electron chi connectivity index (χ3n) is 3.03. The SMILES string of the molecule is COC(=O)C(CS)NC(=O)CCc1c(F)cccc1C(F)(F)F. The molecule has 1 unspecified atom stereocenters. The lowest BCUT2D eigenvalue weighted by atomic mass is 10.0. The van der Waals surface area contributed by atoms with E-state index >= 15 is 0 Å². The number of hydrogen-bond donors (Lipinski definition) is 2. The minimum absolute atomic E-state index is 0.0358. The lowest BCUT2D eigenvalue weighted by Gasteiger charge is -2.15. The number of carbonyl (C=O) groups is 2. The smallest absolute Gasteiger partial charge is 0.416 e. The largest absolute Gasteiger partial charge is 0.467 e. The van der Waals surface area contributed by atoms with Crippen molar-refractivity contribution >= 4 is 24.5 Å². The van der Waals surface area contributed by atoms with Crippen LogP contribution < -0.4 is 5.32 Å². The second-order valence-corrected chi connectivity index (χ2v) is 4.95. The summed E-state index contributed by atoms with van der Waals surface area (Å²) in [6.07, 6.45) is -5.58. The highest BCUT2D eigenvalue weighted by Gasteiger charge is 2.34. The molecule has 1 aromatic carbocycles. The Bertz CT molecular complexity index is 578. The van der Waals surface area contributed by atoms with E-state index in [0.717, 1.165) is 25.3 Å². The summed E-state index contributed by atoms with van der Waals surface area (Å²) in [7, 11) is 1.12. The molecule has 0 radical (unpaired) electrons. The molecule has 0 aromatic heterocycles. The normalized spacial score (nSPS) is 12.6. The maximum Gasteiger partial charge on any atom is 0.416 e. The molecule has 0 bridgehead atoms. The molecule has 0 aliphatic rings. The number of halogens is 4. The van der Waals surface area contributed by atoms with Crippen LogP contribution in [0.4, 0.5) is 17.6 Å². The summed E-state index contributed by atoms with van der Waals surface area (Å²) in [6, 6.07) is 1.59. The minimum Gasteiger partial charge on any atom is -0.467 e. The summed E-state index contributed by atoms with van der Waals surface area (Å²) in [5.74, 6) is -2.50. The quantitative estimate of drug-likeness (QED) is 0.469. The van der Waals surface area contributed by atoms with Crippen LogP contribution in [0.5, 0.6) is 0 Å². The zero-order valence-corrected chi connectivity index (χ0v) is 13.0. The maximum atomic E-state index is 13.6. The van der Waals surface area contributed by atoms with Gasteiger partial charge in [-0.1, -0.05) is 6.07 Å². The summed E-state index contributed by atoms with van der Waals surface area (Å²) in [6.45, 7) is 0. The molecule has 0 aliphatic carbocycles. The van der Waals surface area contributed by atoms with Crippen LogP contribution in [0, 0.1) is 5.82 Å². The van der Waals surface area contributed by atoms with Gasteiger partial charge in [0, 0.05) is 17.7 Å². The van der Waals surface area contributed by atoms with E-state index in [4.69, 9.17) is 0 Å². The zero-order valence-electron chi connectivity index (χ0n) is 12.1. The highest BCUT2D eigenvalue weighted by Crippen LogP contribution is 2.33. The number of ether oxygens (including phenoxy) is 1. The Morgan fingerprint density at radius 2 is 2.00 bits per heavy atom. The third kappa shape index (κ3) is 5.42. The molecular formula is C14H15F4NO3S. The molecule has 1 N–H and O–H groups in total. The number of alkyl halides is 3. The number of thiol groups is 1. The number of nitrogens with one attached hydrogen (secondary N) is 1. The fourth-order valence-corrected chi connectivity index (χ4v) is 2.15. The summed E-state index contributed by atoms with van der Waals surface area (Å²) in [5, 5.41) is 2.27. The van der Waals surface area contributed by atoms with Gasteiger partial charge >= 0.3 is 12.1 Å². The van der Waals surface area contributed by atoms with Crippen LogP contribution in [0.2, 0.25) is 0 Å². The van der Waals surface area contributed by atoms with Gasteiger partial charge in [0.05, 0.1) is 12.7 Å². The van der Waals surface area contributed by atoms with E-state index < -0.39 is 53.9 Å². The van der Waals surface area contributed by atoms with Gasteiger partial charge in [-0.2, -0.15) is 25.8 Å². The summed E-state index contributed by atoms with van der Waals surface area (Å²) in [5.41, 5.74) is -1.71. The van der Waals surface area contributed by atoms with Gasteiger partial charge in [-0.3, -0.25) is 4.79 Å². The number of methoxy groups -OCH3 is 1. The number of carbonyl (C=O) groups excluding carboxylic acids is 2. The average molecular weight is 353 g/mol. The molecule has 1 rings (SSSR count). The van der Waals surface area contributed by atoms with Gasteiger partial charge in [0.2, 0.25) is 5.91 Å². The Morgan fingerprint density at radius 1 is 1.35 bits per heavy atom. The Labute approximate surface area is 135 Å². The predicted molar refractivity (Wildman–Crippen MR) is 77.5 cm³/mol. The lowest BCUT2D eigenvalue weighted by Crippen LogP contribution is -2.43. The first kappa shape index (κ1) is 19.3. The van der Waals surface area contributed by atoms with Crippen molar-refractivity contribution < 1.29 is 31.9 Å². The molecule has 1 atom stereocenters. The highest BCUT2D eigenvalue weighted by atomic mass is 32.1. The van der Waals surface area contributed by atoms with E-state index in [9.17, 15) is 27.2 Å². The minimum atomic E-state index is -4.71. The molecule has 23 heavy (non-hydrogen) atoms. The fourth-order valence-electron chi connectivity index (χ4n) is 1.90. The van der Waals surface area contributed by atoms with Crippen molar-refractivity contribution in [2.75, 3.05) is 12.9 Å². The number of esters is 1. The molecule has 1 amide bonds. The topological polar surface area (TPSA) is 55.4 Å². The Morgan fingerprint density at radius 3 is 2.52 bits per heavy atom. The highest BCUT2D eigenvalue weighted by molar-refractivity contribution is 7.80. The molecule has 0 fully saturated rings. The van der Waals surface area contributed by atoms with Crippen LogP contribution in [-0.4, -0.2) is 30.8 Å². The summed E-state index contributed by atoms with van der Waals surface area (Å²) < 4.78 is 56.6. The zero-order chi connectivity index (χ0) is 17.6. The van der Waals surface area contributed by atoms with Crippen molar-refractivity contribution in [3.63, 3.8) is 0 Å². The van der Waals surface area contributed by atoms with E-state index in [0.29, 0.717) is 0 Å². The Hall–Kier alpha value is -1.77. The van der Waals surface area contributed by atoms with Gasteiger partial charge < -0.3 is 10.1 Å². The van der Waals surface area contributed by atoms with Crippen LogP contribution >= 0.6 is 12.6 Å². The second-order valence-electron chi connectivity index (χ2n) is 4.59. The van der Waals surface area contributed by atoms with Crippen molar-refractivity contribution in [1.29, 1.82) is 0 Å². The molecule has 0 spiro atoms. The number of amides is 1. The third-order valence-corrected chi connectivity index (χ3v) is 3.39. The van der Waals surface area contributed by atoms with Crippen LogP contribution in [0.15, 0.2) is 18.2 Å². The molecular weight excluding hydrogens is 338 g/mol. The monoisotopic (exact) mass is 353 g/mol. The second kappa shape index (κ2) is 8.19. The van der Waals surface area contributed by atoms with Crippen LogP contribution in [-0.2, 0) is 26.9 Å². The van der Waals surface area contributed by atoms with E-state index in [-0.39, 0.29) is 5.75 Å². The van der Waals surface area contributed by atoms with Crippen molar-refractivity contribution in [2.24, 2.45) is 0 Å². The van der Waals surface area contributed by atoms with Crippen molar-refractivity contribution in [1.82, 2.24) is 5.32 Å². The van der Waals surface area contributed by atoms with Gasteiger partial charge in [0.15, 0.2) is 0 Å². The van der Waals surface area contributed by atoms with Crippen LogP contribution in [0.25, 0.3) is 0 Å². The van der Waals surface area contributed by atoms with E-state index in [1.165, 1.54) is 0 Å². The number of benzene rings is 1. The first-order valence-corrected chi connectivity index (χ1v) is 7.16. The van der Waals surface area contributed by atoms with E-state index in [2.05, 4.69) is 22.7 Å². The van der Waals surface area contributed by atoms with Crippen molar-refractivity contribution in [3.05, 3.63) is 35.1 Å². The molecule has 0 heterocycles. The predicted octanol–water partition coefficient (Wildman–Crippen LogP) is 2.36. The van der Waals surface area contributed by atoms with Gasteiger partial charge in [-0.15, -0.1) is 0 Å². The fraction of sp³-hybridized carbons (Fsp3) is 0.429. The van der Waals surface area contributed by atoms with E-state index in [1.807, 2.05) is 0 Å². The summed E-state index contributed by atoms with van der Waals surface area (Å²) in [4.78, 5) is 23.0. The van der Waals surface area contributed by atoms with Crippen molar-refractivity contribution in [3.8, 4) is 0 Å². The Kier molecular flexibility index (Phi) is 6.86. The molecule has 9 heteroatoms. The van der Waals surface area contributed by atoms with Gasteiger partial charge in [-0.05, 0) is 18.6 Å². The molecule has 4 nitrogen and oxygen atoms in total. The van der Waals surface area contributed by atoms with Gasteiger partial charge in [-0.25, -0.2) is 9.18 Å². The van der Waals surface area contributed by atoms with E-state index in [1.54, 1.807) is 0 Å². The Balaban J connectivity index is 2.79. The lowest BCUT2D eigenvalue weighted by molar-refractivity contribution is -0.144. The van der Waals surface area contributed by atoms with Gasteiger partial charge in [0.25, 0.3) is 0 Å². The van der Waals surface area contributed by atoms with Crippen LogP contribution in [0.3, 0.4) is 0 Å². The average Bonchev–Trinajstić information content (AvgIpc) is 2.49. The molecule has 0 saturated heterocycles. The number of hydrogen-bond acceptors (Lipinski definition) is 4. The summed E-state index contributed by atoms with van der Waals surface area (Å²) >= 11 is 3.87. The first-order valence-electron chi connectivity index (χ1n) is 6.53. The number of rotatable bonds is 6. The first-order chi connectivity index (χ1) is 10.7. The van der Waals surface area contributed by atoms with Gasteiger partial charge in [0.1, 0.15) is 11.9 Å². The molecule has 1 aromatic rings. The van der Waals surface area contributed by atoms with Crippen LogP contribution in [0.1, 0.15) is 17.5 Å². The maximum absolute atomic E-state index is 13.6. The molecule has 128 valence electrons. The molecule has 0 aliphatic heterocycles.